The second kappa shape index (κ2) is 6.49. The predicted molar refractivity (Wildman–Crippen MR) is 71.5 cm³/mol. The Labute approximate surface area is 111 Å². The average molecular weight is 269 g/mol. The van der Waals surface area contributed by atoms with E-state index in [1.165, 1.54) is 12.1 Å². The SMILES string of the molecule is CC(C)(CO)CNCc1cc(F)cc(/C(N)=N/O)c1. The molecule has 5 nitrogen and oxygen atoms in total. The van der Waals surface area contributed by atoms with Gasteiger partial charge in [-0.1, -0.05) is 19.0 Å². The first-order valence-corrected chi connectivity index (χ1v) is 5.97. The Kier molecular flexibility index (Phi) is 5.26. The highest BCUT2D eigenvalue weighted by Crippen LogP contribution is 2.13. The van der Waals surface area contributed by atoms with Crippen molar-refractivity contribution in [3.05, 3.63) is 35.1 Å². The highest BCUT2D eigenvalue weighted by Gasteiger charge is 2.15. The van der Waals surface area contributed by atoms with Gasteiger partial charge in [0.2, 0.25) is 0 Å². The van der Waals surface area contributed by atoms with Crippen LogP contribution in [0.25, 0.3) is 0 Å². The number of rotatable bonds is 6. The van der Waals surface area contributed by atoms with E-state index in [0.717, 1.165) is 0 Å². The summed E-state index contributed by atoms with van der Waals surface area (Å²) < 4.78 is 13.4. The molecule has 0 heterocycles. The Hall–Kier alpha value is -1.66. The zero-order valence-corrected chi connectivity index (χ0v) is 11.2. The molecule has 1 aromatic carbocycles. The molecule has 0 radical (unpaired) electrons. The molecule has 1 rings (SSSR count). The molecule has 0 aliphatic heterocycles. The summed E-state index contributed by atoms with van der Waals surface area (Å²) in [4.78, 5) is 0. The van der Waals surface area contributed by atoms with Crippen LogP contribution in [0.2, 0.25) is 0 Å². The van der Waals surface area contributed by atoms with Crippen molar-refractivity contribution in [1.82, 2.24) is 5.32 Å². The predicted octanol–water partition coefficient (Wildman–Crippen LogP) is 1.03. The van der Waals surface area contributed by atoms with Crippen molar-refractivity contribution in [2.45, 2.75) is 20.4 Å². The minimum Gasteiger partial charge on any atom is -0.409 e. The Morgan fingerprint density at radius 2 is 2.11 bits per heavy atom. The van der Waals surface area contributed by atoms with Gasteiger partial charge in [-0.05, 0) is 23.8 Å². The number of halogens is 1. The molecule has 19 heavy (non-hydrogen) atoms. The van der Waals surface area contributed by atoms with Crippen LogP contribution in [0.15, 0.2) is 23.4 Å². The van der Waals surface area contributed by atoms with Crippen LogP contribution < -0.4 is 11.1 Å². The molecule has 0 bridgehead atoms. The van der Waals surface area contributed by atoms with Crippen LogP contribution >= 0.6 is 0 Å². The van der Waals surface area contributed by atoms with E-state index in [-0.39, 0.29) is 17.9 Å². The maximum absolute atomic E-state index is 13.4. The maximum Gasteiger partial charge on any atom is 0.170 e. The van der Waals surface area contributed by atoms with Gasteiger partial charge in [0.05, 0.1) is 0 Å². The number of nitrogens with zero attached hydrogens (tertiary/aromatic N) is 1. The van der Waals surface area contributed by atoms with Crippen molar-refractivity contribution in [2.24, 2.45) is 16.3 Å². The molecule has 6 heteroatoms. The Balaban J connectivity index is 2.72. The smallest absolute Gasteiger partial charge is 0.170 e. The van der Waals surface area contributed by atoms with E-state index in [9.17, 15) is 4.39 Å². The zero-order chi connectivity index (χ0) is 14.5. The summed E-state index contributed by atoms with van der Waals surface area (Å²) >= 11 is 0. The molecule has 5 N–H and O–H groups in total. The minimum atomic E-state index is -0.442. The van der Waals surface area contributed by atoms with E-state index >= 15 is 0 Å². The van der Waals surface area contributed by atoms with E-state index in [1.54, 1.807) is 6.07 Å². The van der Waals surface area contributed by atoms with Gasteiger partial charge in [-0.15, -0.1) is 0 Å². The summed E-state index contributed by atoms with van der Waals surface area (Å²) in [6, 6.07) is 4.24. The Bertz CT molecular complexity index is 461. The fourth-order valence-electron chi connectivity index (χ4n) is 1.56. The van der Waals surface area contributed by atoms with Crippen molar-refractivity contribution >= 4 is 5.84 Å². The van der Waals surface area contributed by atoms with E-state index in [4.69, 9.17) is 16.0 Å². The number of nitrogens with two attached hydrogens (primary N) is 1. The molecule has 0 unspecified atom stereocenters. The quantitative estimate of drug-likeness (QED) is 0.269. The van der Waals surface area contributed by atoms with Gasteiger partial charge in [0.1, 0.15) is 5.82 Å². The highest BCUT2D eigenvalue weighted by atomic mass is 19.1. The lowest BCUT2D eigenvalue weighted by Crippen LogP contribution is -2.32. The summed E-state index contributed by atoms with van der Waals surface area (Å²) in [6.45, 7) is 4.95. The fraction of sp³-hybridized carbons (Fsp3) is 0.462. The van der Waals surface area contributed by atoms with Gasteiger partial charge in [0.25, 0.3) is 0 Å². The normalized spacial score (nSPS) is 12.7. The molecule has 0 aliphatic carbocycles. The van der Waals surface area contributed by atoms with Gasteiger partial charge in [-0.2, -0.15) is 0 Å². The summed E-state index contributed by atoms with van der Waals surface area (Å²) in [5.41, 5.74) is 6.22. The minimum absolute atomic E-state index is 0.0680. The summed E-state index contributed by atoms with van der Waals surface area (Å²) in [5.74, 6) is -0.571. The maximum atomic E-state index is 13.4. The first kappa shape index (κ1) is 15.4. The molecule has 1 aromatic rings. The van der Waals surface area contributed by atoms with E-state index < -0.39 is 5.82 Å². The Morgan fingerprint density at radius 1 is 1.42 bits per heavy atom. The molecular weight excluding hydrogens is 249 g/mol. The molecule has 106 valence electrons. The topological polar surface area (TPSA) is 90.9 Å². The first-order valence-electron chi connectivity index (χ1n) is 5.97. The second-order valence-corrected chi connectivity index (χ2v) is 5.26. The molecule has 0 aliphatic rings. The standard InChI is InChI=1S/C13H20FN3O2/c1-13(2,8-18)7-16-6-9-3-10(12(15)17-19)5-11(14)4-9/h3-5,16,18-19H,6-8H2,1-2H3,(H2,15,17). The number of oxime groups is 1. The highest BCUT2D eigenvalue weighted by molar-refractivity contribution is 5.97. The van der Waals surface area contributed by atoms with Crippen molar-refractivity contribution in [1.29, 1.82) is 0 Å². The third-order valence-electron chi connectivity index (χ3n) is 2.72. The molecule has 0 atom stereocenters. The van der Waals surface area contributed by atoms with Gasteiger partial charge < -0.3 is 21.4 Å². The average Bonchev–Trinajstić information content (AvgIpc) is 2.37. The lowest BCUT2D eigenvalue weighted by molar-refractivity contribution is 0.156. The van der Waals surface area contributed by atoms with Crippen molar-refractivity contribution in [2.75, 3.05) is 13.2 Å². The van der Waals surface area contributed by atoms with Crippen LogP contribution in [0.1, 0.15) is 25.0 Å². The number of aliphatic hydroxyl groups is 1. The third-order valence-corrected chi connectivity index (χ3v) is 2.72. The molecule has 0 saturated carbocycles. The zero-order valence-electron chi connectivity index (χ0n) is 11.2. The van der Waals surface area contributed by atoms with Gasteiger partial charge in [-0.25, -0.2) is 4.39 Å². The Morgan fingerprint density at radius 3 is 2.68 bits per heavy atom. The van der Waals surface area contributed by atoms with Crippen LogP contribution in [-0.2, 0) is 6.54 Å². The number of aliphatic hydroxyl groups excluding tert-OH is 1. The van der Waals surface area contributed by atoms with Gasteiger partial charge in [0, 0.05) is 30.7 Å². The lowest BCUT2D eigenvalue weighted by atomic mass is 9.95. The number of hydrogen-bond acceptors (Lipinski definition) is 4. The van der Waals surface area contributed by atoms with Crippen LogP contribution in [0.5, 0.6) is 0 Å². The first-order chi connectivity index (χ1) is 8.88. The van der Waals surface area contributed by atoms with Gasteiger partial charge in [0.15, 0.2) is 5.84 Å². The van der Waals surface area contributed by atoms with Crippen molar-refractivity contribution < 1.29 is 14.7 Å². The van der Waals surface area contributed by atoms with Crippen LogP contribution in [0, 0.1) is 11.2 Å². The third kappa shape index (κ3) is 4.84. The van der Waals surface area contributed by atoms with Gasteiger partial charge >= 0.3 is 0 Å². The lowest BCUT2D eigenvalue weighted by Gasteiger charge is -2.22. The van der Waals surface area contributed by atoms with Crippen molar-refractivity contribution in [3.8, 4) is 0 Å². The molecular formula is C13H20FN3O2. The van der Waals surface area contributed by atoms with Crippen LogP contribution in [0.4, 0.5) is 4.39 Å². The fourth-order valence-corrected chi connectivity index (χ4v) is 1.56. The molecule has 0 saturated heterocycles. The monoisotopic (exact) mass is 269 g/mol. The van der Waals surface area contributed by atoms with Crippen molar-refractivity contribution in [3.63, 3.8) is 0 Å². The summed E-state index contributed by atoms with van der Waals surface area (Å²) in [5, 5.41) is 23.7. The number of benzene rings is 1. The molecule has 0 spiro atoms. The van der Waals surface area contributed by atoms with E-state index in [1.807, 2.05) is 13.8 Å². The number of hydrogen-bond donors (Lipinski definition) is 4. The van der Waals surface area contributed by atoms with E-state index in [0.29, 0.717) is 24.2 Å². The largest absolute Gasteiger partial charge is 0.409 e. The van der Waals surface area contributed by atoms with Crippen LogP contribution in [0.3, 0.4) is 0 Å². The van der Waals surface area contributed by atoms with Crippen LogP contribution in [-0.4, -0.2) is 29.3 Å². The molecule has 0 amide bonds. The molecule has 0 aromatic heterocycles. The van der Waals surface area contributed by atoms with Gasteiger partial charge in [-0.3, -0.25) is 0 Å². The second-order valence-electron chi connectivity index (χ2n) is 5.26. The molecule has 0 fully saturated rings. The van der Waals surface area contributed by atoms with E-state index in [2.05, 4.69) is 10.5 Å². The summed E-state index contributed by atoms with van der Waals surface area (Å²) in [7, 11) is 0. The summed E-state index contributed by atoms with van der Waals surface area (Å²) in [6.07, 6.45) is 0. The number of amidine groups is 1. The number of nitrogens with one attached hydrogen (secondary N) is 1.